The molecule has 1 aromatic heterocycles. The molecule has 29 heavy (non-hydrogen) atoms. The molecular weight excluding hydrogens is 394 g/mol. The fourth-order valence-electron chi connectivity index (χ4n) is 2.43. The maximum Gasteiger partial charge on any atom is 0.307 e. The predicted octanol–water partition coefficient (Wildman–Crippen LogP) is 2.95. The number of nitrogens with zero attached hydrogens (tertiary/aromatic N) is 3. The molecule has 0 saturated heterocycles. The second-order valence-electron chi connectivity index (χ2n) is 5.65. The Morgan fingerprint density at radius 2 is 2.07 bits per heavy atom. The summed E-state index contributed by atoms with van der Waals surface area (Å²) in [7, 11) is 0.500. The lowest BCUT2D eigenvalue weighted by atomic mass is 9.99. The molecule has 0 saturated carbocycles. The van der Waals surface area contributed by atoms with Crippen molar-refractivity contribution in [2.75, 3.05) is 19.1 Å². The van der Waals surface area contributed by atoms with Crippen LogP contribution in [0.15, 0.2) is 41.5 Å². The van der Waals surface area contributed by atoms with Gasteiger partial charge < -0.3 is 15.8 Å². The number of amides is 1. The summed E-state index contributed by atoms with van der Waals surface area (Å²) in [6.07, 6.45) is 1.21. The lowest BCUT2D eigenvalue weighted by molar-refractivity contribution is -0.0788. The van der Waals surface area contributed by atoms with Crippen LogP contribution in [-0.4, -0.2) is 36.6 Å². The number of alkyl halides is 3. The van der Waals surface area contributed by atoms with Crippen LogP contribution in [0.25, 0.3) is 0 Å². The molecule has 0 spiro atoms. The quantitative estimate of drug-likeness (QED) is 0.757. The first kappa shape index (κ1) is 21.6. The molecule has 0 radical (unpaired) electrons. The molecule has 1 atom stereocenters. The van der Waals surface area contributed by atoms with Crippen LogP contribution in [0.1, 0.15) is 27.7 Å². The van der Waals surface area contributed by atoms with Gasteiger partial charge >= 0.3 is 5.92 Å². The second-order valence-corrected chi connectivity index (χ2v) is 5.65. The van der Waals surface area contributed by atoms with Crippen LogP contribution in [-0.2, 0) is 4.74 Å². The fraction of sp³-hybridized carbons (Fsp3) is 0.222. The Morgan fingerprint density at radius 3 is 2.69 bits per heavy atom. The smallest absolute Gasteiger partial charge is 0.307 e. The maximum atomic E-state index is 14.1. The summed E-state index contributed by atoms with van der Waals surface area (Å²) >= 11 is 0. The zero-order valence-electron chi connectivity index (χ0n) is 15.0. The van der Waals surface area contributed by atoms with E-state index < -0.39 is 41.9 Å². The fourth-order valence-corrected chi connectivity index (χ4v) is 2.43. The van der Waals surface area contributed by atoms with Crippen LogP contribution in [0.3, 0.4) is 0 Å². The summed E-state index contributed by atoms with van der Waals surface area (Å²) in [5.41, 5.74) is 5.23. The average Bonchev–Trinajstić information content (AvgIpc) is 2.73. The number of benzene rings is 1. The number of carbonyl (C=O) groups is 1. The second kappa shape index (κ2) is 9.01. The number of aliphatic imine (C=N–C) groups is 1. The Morgan fingerprint density at radius 1 is 1.34 bits per heavy atom. The van der Waals surface area contributed by atoms with Gasteiger partial charge in [0.15, 0.2) is 12.6 Å². The molecule has 1 aliphatic heterocycles. The molecule has 2 aromatic rings. The topological polar surface area (TPSA) is 113 Å². The van der Waals surface area contributed by atoms with E-state index in [0.29, 0.717) is 7.18 Å². The van der Waals surface area contributed by atoms with Crippen LogP contribution in [0.4, 0.5) is 23.2 Å². The first-order valence-corrected chi connectivity index (χ1v) is 7.99. The monoisotopic (exact) mass is 409 g/mol. The van der Waals surface area contributed by atoms with E-state index >= 15 is 0 Å². The van der Waals surface area contributed by atoms with Crippen molar-refractivity contribution in [2.24, 2.45) is 10.7 Å². The number of nitriles is 1. The van der Waals surface area contributed by atoms with Gasteiger partial charge in [-0.2, -0.15) is 5.26 Å². The van der Waals surface area contributed by atoms with Gasteiger partial charge in [-0.1, -0.05) is 0 Å². The molecule has 2 heterocycles. The van der Waals surface area contributed by atoms with Crippen LogP contribution < -0.4 is 11.1 Å². The van der Waals surface area contributed by atoms with Crippen LogP contribution in [0, 0.1) is 17.1 Å². The number of amidine groups is 1. The molecule has 1 aliphatic rings. The highest BCUT2D eigenvalue weighted by atomic mass is 19.3. The Labute approximate surface area is 162 Å². The van der Waals surface area contributed by atoms with E-state index in [9.17, 15) is 22.4 Å². The number of nitrogens with two attached hydrogens (primary N) is 1. The number of rotatable bonds is 3. The van der Waals surface area contributed by atoms with Gasteiger partial charge in [-0.15, -0.1) is 0 Å². The summed E-state index contributed by atoms with van der Waals surface area (Å²) in [5, 5.41) is 11.2. The summed E-state index contributed by atoms with van der Waals surface area (Å²) in [6, 6.07) is 5.45. The third-order valence-corrected chi connectivity index (χ3v) is 3.74. The molecule has 3 N–H and O–H groups in total. The molecule has 11 heteroatoms. The Kier molecular flexibility index (Phi) is 6.71. The molecule has 1 aromatic carbocycles. The Hall–Kier alpha value is -3.68. The number of hydrogen-bond acceptors (Lipinski definition) is 6. The SMILES string of the molecule is CF.N#Cc1ccc(C(=O)Nc2ccc(F)c(C3N=C(N)OCC3(F)F)c2)nc1. The van der Waals surface area contributed by atoms with E-state index in [1.165, 1.54) is 24.4 Å². The van der Waals surface area contributed by atoms with Crippen LogP contribution in [0.5, 0.6) is 0 Å². The normalized spacial score (nSPS) is 17.0. The predicted molar refractivity (Wildman–Crippen MR) is 95.6 cm³/mol. The number of ether oxygens (including phenoxy) is 1. The number of carbonyl (C=O) groups excluding carboxylic acids is 1. The van der Waals surface area contributed by atoms with Crippen LogP contribution >= 0.6 is 0 Å². The third-order valence-electron chi connectivity index (χ3n) is 3.74. The van der Waals surface area contributed by atoms with E-state index in [1.54, 1.807) is 0 Å². The summed E-state index contributed by atoms with van der Waals surface area (Å²) in [5.74, 6) is -5.05. The largest absolute Gasteiger partial charge is 0.459 e. The van der Waals surface area contributed by atoms with E-state index in [1.807, 2.05) is 6.07 Å². The highest BCUT2D eigenvalue weighted by Crippen LogP contribution is 2.39. The summed E-state index contributed by atoms with van der Waals surface area (Å²) < 4.78 is 56.3. The molecule has 0 fully saturated rings. The van der Waals surface area contributed by atoms with Gasteiger partial charge in [-0.05, 0) is 30.3 Å². The number of aromatic nitrogens is 1. The zero-order valence-corrected chi connectivity index (χ0v) is 15.0. The van der Waals surface area contributed by atoms with Gasteiger partial charge in [0, 0.05) is 17.4 Å². The van der Waals surface area contributed by atoms with Crippen molar-refractivity contribution in [3.8, 4) is 6.07 Å². The molecule has 0 aliphatic carbocycles. The minimum atomic E-state index is -3.47. The van der Waals surface area contributed by atoms with E-state index in [0.717, 1.165) is 12.1 Å². The molecule has 152 valence electrons. The molecule has 0 bridgehead atoms. The average molecular weight is 409 g/mol. The molecule has 1 amide bonds. The van der Waals surface area contributed by atoms with Crippen molar-refractivity contribution in [3.05, 3.63) is 59.2 Å². The Bertz CT molecular complexity index is 958. The number of hydrogen-bond donors (Lipinski definition) is 2. The van der Waals surface area contributed by atoms with Gasteiger partial charge in [0.05, 0.1) is 12.7 Å². The first-order chi connectivity index (χ1) is 13.8. The van der Waals surface area contributed by atoms with Crippen molar-refractivity contribution in [1.82, 2.24) is 4.98 Å². The van der Waals surface area contributed by atoms with Gasteiger partial charge in [0.2, 0.25) is 0 Å². The zero-order chi connectivity index (χ0) is 21.6. The van der Waals surface area contributed by atoms with E-state index in [4.69, 9.17) is 11.0 Å². The maximum absolute atomic E-state index is 14.1. The minimum Gasteiger partial charge on any atom is -0.459 e. The minimum absolute atomic E-state index is 0.00136. The number of halogens is 4. The lowest BCUT2D eigenvalue weighted by Gasteiger charge is -2.28. The van der Waals surface area contributed by atoms with Crippen molar-refractivity contribution in [2.45, 2.75) is 12.0 Å². The molecule has 3 rings (SSSR count). The lowest BCUT2D eigenvalue weighted by Crippen LogP contribution is -2.40. The number of anilines is 1. The van der Waals surface area contributed by atoms with Crippen molar-refractivity contribution < 1.29 is 27.1 Å². The standard InChI is InChI=1S/C17H12F3N5O2.CH3F/c18-12-3-2-10(24-15(26)13-4-1-9(6-21)7-23-13)5-11(12)14-17(19,20)8-27-16(22)25-14;1-2/h1-5,7,14H,8H2,(H2,22,25)(H,24,26);1H3. The summed E-state index contributed by atoms with van der Waals surface area (Å²) in [4.78, 5) is 19.5. The van der Waals surface area contributed by atoms with Gasteiger partial charge in [-0.3, -0.25) is 9.18 Å². The molecule has 7 nitrogen and oxygen atoms in total. The number of nitrogens with one attached hydrogen (secondary N) is 1. The molecule has 1 unspecified atom stereocenters. The van der Waals surface area contributed by atoms with E-state index in [2.05, 4.69) is 20.0 Å². The van der Waals surface area contributed by atoms with Crippen molar-refractivity contribution in [3.63, 3.8) is 0 Å². The summed E-state index contributed by atoms with van der Waals surface area (Å²) in [6.45, 7) is -1.03. The first-order valence-electron chi connectivity index (χ1n) is 7.99. The van der Waals surface area contributed by atoms with Crippen LogP contribution in [0.2, 0.25) is 0 Å². The van der Waals surface area contributed by atoms with Gasteiger partial charge in [0.25, 0.3) is 11.9 Å². The number of pyridine rings is 1. The highest BCUT2D eigenvalue weighted by molar-refractivity contribution is 6.02. The highest BCUT2D eigenvalue weighted by Gasteiger charge is 2.46. The van der Waals surface area contributed by atoms with Crippen molar-refractivity contribution >= 4 is 17.6 Å². The van der Waals surface area contributed by atoms with Crippen molar-refractivity contribution in [1.29, 1.82) is 5.26 Å². The van der Waals surface area contributed by atoms with Gasteiger partial charge in [0.1, 0.15) is 17.6 Å². The van der Waals surface area contributed by atoms with Gasteiger partial charge in [-0.25, -0.2) is 23.1 Å². The third kappa shape index (κ3) is 4.98. The van der Waals surface area contributed by atoms with E-state index in [-0.39, 0.29) is 16.9 Å². The Balaban J connectivity index is 0.00000145. The molecular formula is C18H15F4N5O2.